The molecular formula is C14H19F2N. The molecule has 0 bridgehead atoms. The fourth-order valence-corrected chi connectivity index (χ4v) is 2.87. The molecule has 0 unspecified atom stereocenters. The summed E-state index contributed by atoms with van der Waals surface area (Å²) in [6.45, 7) is 1.98. The molecule has 1 aliphatic rings. The lowest BCUT2D eigenvalue weighted by molar-refractivity contribution is 0.288. The third-order valence-electron chi connectivity index (χ3n) is 4.05. The van der Waals surface area contributed by atoms with Gasteiger partial charge in [-0.25, -0.2) is 8.78 Å². The molecule has 0 amide bonds. The van der Waals surface area contributed by atoms with Crippen LogP contribution in [0.2, 0.25) is 0 Å². The fraction of sp³-hybridized carbons (Fsp3) is 0.571. The smallest absolute Gasteiger partial charge is 0.162 e. The van der Waals surface area contributed by atoms with Crippen LogP contribution in [-0.4, -0.2) is 6.54 Å². The molecule has 1 aliphatic carbocycles. The van der Waals surface area contributed by atoms with Crippen LogP contribution >= 0.6 is 0 Å². The van der Waals surface area contributed by atoms with E-state index in [-0.39, 0.29) is 5.41 Å². The van der Waals surface area contributed by atoms with Gasteiger partial charge in [-0.15, -0.1) is 0 Å². The molecule has 1 saturated carbocycles. The van der Waals surface area contributed by atoms with E-state index in [9.17, 15) is 8.78 Å². The molecule has 0 aliphatic heterocycles. The van der Waals surface area contributed by atoms with Gasteiger partial charge in [0.1, 0.15) is 0 Å². The van der Waals surface area contributed by atoms with Gasteiger partial charge in [0.2, 0.25) is 0 Å². The van der Waals surface area contributed by atoms with E-state index in [2.05, 4.69) is 0 Å². The number of aryl methyl sites for hydroxylation is 1. The van der Waals surface area contributed by atoms with E-state index in [1.165, 1.54) is 0 Å². The van der Waals surface area contributed by atoms with Crippen molar-refractivity contribution in [2.75, 3.05) is 6.54 Å². The van der Waals surface area contributed by atoms with Gasteiger partial charge in [0.05, 0.1) is 0 Å². The van der Waals surface area contributed by atoms with E-state index in [1.807, 2.05) is 0 Å². The van der Waals surface area contributed by atoms with Crippen LogP contribution in [0.4, 0.5) is 8.78 Å². The summed E-state index contributed by atoms with van der Waals surface area (Å²) < 4.78 is 27.7. The summed E-state index contributed by atoms with van der Waals surface area (Å²) in [4.78, 5) is 0. The van der Waals surface area contributed by atoms with Gasteiger partial charge in [-0.1, -0.05) is 31.4 Å². The van der Waals surface area contributed by atoms with Crippen LogP contribution in [0, 0.1) is 18.6 Å². The Morgan fingerprint density at radius 3 is 2.35 bits per heavy atom. The minimum Gasteiger partial charge on any atom is -0.330 e. The molecule has 1 aromatic carbocycles. The fourth-order valence-electron chi connectivity index (χ4n) is 2.87. The largest absolute Gasteiger partial charge is 0.330 e. The second kappa shape index (κ2) is 4.73. The zero-order valence-electron chi connectivity index (χ0n) is 10.2. The Morgan fingerprint density at radius 1 is 1.12 bits per heavy atom. The first kappa shape index (κ1) is 12.5. The topological polar surface area (TPSA) is 26.0 Å². The summed E-state index contributed by atoms with van der Waals surface area (Å²) in [6, 6.07) is 3.37. The molecule has 2 rings (SSSR count). The van der Waals surface area contributed by atoms with Gasteiger partial charge < -0.3 is 5.73 Å². The minimum atomic E-state index is -0.721. The van der Waals surface area contributed by atoms with Crippen molar-refractivity contribution in [1.82, 2.24) is 0 Å². The van der Waals surface area contributed by atoms with Crippen molar-refractivity contribution in [3.8, 4) is 0 Å². The first-order chi connectivity index (χ1) is 8.10. The summed E-state index contributed by atoms with van der Waals surface area (Å²) in [6.07, 6.45) is 4.99. The van der Waals surface area contributed by atoms with Gasteiger partial charge in [-0.3, -0.25) is 0 Å². The van der Waals surface area contributed by atoms with Crippen LogP contribution in [0.3, 0.4) is 0 Å². The number of nitrogens with two attached hydrogens (primary N) is 1. The van der Waals surface area contributed by atoms with E-state index in [1.54, 1.807) is 19.1 Å². The van der Waals surface area contributed by atoms with Crippen molar-refractivity contribution in [2.45, 2.75) is 44.4 Å². The monoisotopic (exact) mass is 239 g/mol. The van der Waals surface area contributed by atoms with Crippen molar-refractivity contribution in [1.29, 1.82) is 0 Å². The Labute approximate surface area is 101 Å². The quantitative estimate of drug-likeness (QED) is 0.840. The normalized spacial score (nSPS) is 19.3. The molecule has 0 radical (unpaired) electrons. The summed E-state index contributed by atoms with van der Waals surface area (Å²) in [5, 5.41) is 0. The molecule has 0 atom stereocenters. The number of halogens is 2. The van der Waals surface area contributed by atoms with Crippen LogP contribution in [0.25, 0.3) is 0 Å². The summed E-state index contributed by atoms with van der Waals surface area (Å²) >= 11 is 0. The standard InChI is InChI=1S/C14H19F2N/c1-10-5-6-11(13(16)12(10)15)14(9-17)7-3-2-4-8-14/h5-6H,2-4,7-9,17H2,1H3. The maximum Gasteiger partial charge on any atom is 0.162 e. The zero-order valence-corrected chi connectivity index (χ0v) is 10.2. The highest BCUT2D eigenvalue weighted by Gasteiger charge is 2.35. The van der Waals surface area contributed by atoms with Gasteiger partial charge in [0.25, 0.3) is 0 Å². The Hall–Kier alpha value is -0.960. The Morgan fingerprint density at radius 2 is 1.76 bits per heavy atom. The van der Waals surface area contributed by atoms with E-state index in [0.29, 0.717) is 17.7 Å². The van der Waals surface area contributed by atoms with Crippen LogP contribution in [0.5, 0.6) is 0 Å². The molecule has 1 nitrogen and oxygen atoms in total. The molecule has 0 aromatic heterocycles. The second-order valence-electron chi connectivity index (χ2n) is 5.10. The van der Waals surface area contributed by atoms with Gasteiger partial charge in [-0.05, 0) is 30.9 Å². The Kier molecular flexibility index (Phi) is 3.48. The lowest BCUT2D eigenvalue weighted by Gasteiger charge is -2.37. The number of rotatable bonds is 2. The average Bonchev–Trinajstić information content (AvgIpc) is 2.37. The zero-order chi connectivity index (χ0) is 12.5. The molecular weight excluding hydrogens is 220 g/mol. The molecule has 17 heavy (non-hydrogen) atoms. The van der Waals surface area contributed by atoms with Crippen LogP contribution in [-0.2, 0) is 5.41 Å². The third kappa shape index (κ3) is 2.08. The summed E-state index contributed by atoms with van der Waals surface area (Å²) in [7, 11) is 0. The first-order valence-corrected chi connectivity index (χ1v) is 6.26. The van der Waals surface area contributed by atoms with Crippen molar-refractivity contribution in [2.24, 2.45) is 5.73 Å². The summed E-state index contributed by atoms with van der Waals surface area (Å²) in [5.74, 6) is -1.42. The highest BCUT2D eigenvalue weighted by atomic mass is 19.2. The van der Waals surface area contributed by atoms with Crippen molar-refractivity contribution in [3.05, 3.63) is 34.9 Å². The molecule has 1 fully saturated rings. The van der Waals surface area contributed by atoms with E-state index in [0.717, 1.165) is 32.1 Å². The molecule has 1 aromatic rings. The lowest BCUT2D eigenvalue weighted by Crippen LogP contribution is -2.38. The second-order valence-corrected chi connectivity index (χ2v) is 5.10. The van der Waals surface area contributed by atoms with Gasteiger partial charge >= 0.3 is 0 Å². The number of hydrogen-bond acceptors (Lipinski definition) is 1. The van der Waals surface area contributed by atoms with Crippen LogP contribution in [0.1, 0.15) is 43.2 Å². The SMILES string of the molecule is Cc1ccc(C2(CN)CCCCC2)c(F)c1F. The maximum atomic E-state index is 14.0. The maximum absolute atomic E-state index is 14.0. The first-order valence-electron chi connectivity index (χ1n) is 6.26. The molecule has 3 heteroatoms. The predicted molar refractivity (Wildman–Crippen MR) is 64.9 cm³/mol. The van der Waals surface area contributed by atoms with E-state index < -0.39 is 11.6 Å². The molecule has 0 spiro atoms. The Balaban J connectivity index is 2.47. The van der Waals surface area contributed by atoms with Crippen LogP contribution in [0.15, 0.2) is 12.1 Å². The third-order valence-corrected chi connectivity index (χ3v) is 4.05. The average molecular weight is 239 g/mol. The van der Waals surface area contributed by atoms with Gasteiger partial charge in [0.15, 0.2) is 11.6 Å². The highest BCUT2D eigenvalue weighted by molar-refractivity contribution is 5.32. The van der Waals surface area contributed by atoms with Crippen molar-refractivity contribution in [3.63, 3.8) is 0 Å². The molecule has 0 heterocycles. The van der Waals surface area contributed by atoms with E-state index in [4.69, 9.17) is 5.73 Å². The van der Waals surface area contributed by atoms with Gasteiger partial charge in [-0.2, -0.15) is 0 Å². The summed E-state index contributed by atoms with van der Waals surface area (Å²) in [5.41, 5.74) is 6.32. The van der Waals surface area contributed by atoms with Gasteiger partial charge in [0, 0.05) is 12.0 Å². The van der Waals surface area contributed by atoms with Crippen LogP contribution < -0.4 is 5.73 Å². The Bertz CT molecular complexity index is 409. The van der Waals surface area contributed by atoms with Crippen molar-refractivity contribution < 1.29 is 8.78 Å². The predicted octanol–water partition coefficient (Wildman–Crippen LogP) is 3.43. The lowest BCUT2D eigenvalue weighted by atomic mass is 9.69. The molecule has 2 N–H and O–H groups in total. The minimum absolute atomic E-state index is 0.350. The molecule has 94 valence electrons. The van der Waals surface area contributed by atoms with E-state index >= 15 is 0 Å². The number of hydrogen-bond donors (Lipinski definition) is 1. The number of benzene rings is 1. The highest BCUT2D eigenvalue weighted by Crippen LogP contribution is 2.40. The van der Waals surface area contributed by atoms with Crippen molar-refractivity contribution >= 4 is 0 Å². The molecule has 0 saturated heterocycles.